The first kappa shape index (κ1) is 24.4. The van der Waals surface area contributed by atoms with Crippen LogP contribution in [-0.4, -0.2) is 11.9 Å². The summed E-state index contributed by atoms with van der Waals surface area (Å²) in [6, 6.07) is 17.2. The molecule has 32 heavy (non-hydrogen) atoms. The van der Waals surface area contributed by atoms with Crippen molar-refractivity contribution in [3.05, 3.63) is 97.2 Å². The molecule has 1 aliphatic rings. The van der Waals surface area contributed by atoms with Gasteiger partial charge in [-0.3, -0.25) is 0 Å². The summed E-state index contributed by atoms with van der Waals surface area (Å²) in [5, 5.41) is 0.696. The van der Waals surface area contributed by atoms with Crippen LogP contribution in [0.3, 0.4) is 0 Å². The molecule has 0 radical (unpaired) electrons. The number of esters is 1. The Morgan fingerprint density at radius 2 is 1.69 bits per heavy atom. The van der Waals surface area contributed by atoms with Crippen molar-refractivity contribution in [3.8, 4) is 5.75 Å². The zero-order valence-electron chi connectivity index (χ0n) is 16.0. The molecule has 0 saturated heterocycles. The van der Waals surface area contributed by atoms with E-state index in [0.717, 1.165) is 37.6 Å². The zero-order valence-corrected chi connectivity index (χ0v) is 24.9. The molecule has 0 aromatic heterocycles. The van der Waals surface area contributed by atoms with Crippen molar-refractivity contribution in [2.24, 2.45) is 4.99 Å². The maximum Gasteiger partial charge on any atom is 0.363 e. The molecule has 9 heteroatoms. The minimum Gasteiger partial charge on any atom is -0.487 e. The van der Waals surface area contributed by atoms with E-state index in [0.29, 0.717) is 17.5 Å². The van der Waals surface area contributed by atoms with Crippen molar-refractivity contribution in [2.75, 3.05) is 0 Å². The molecule has 0 atom stereocenters. The molecule has 0 aliphatic carbocycles. The largest absolute Gasteiger partial charge is 0.487 e. The number of hydrogen-bond acceptors (Lipinski definition) is 4. The number of nitrogens with zero attached hydrogens (tertiary/aromatic N) is 1. The van der Waals surface area contributed by atoms with Crippen molar-refractivity contribution in [2.45, 2.75) is 6.61 Å². The second-order valence-corrected chi connectivity index (χ2v) is 11.5. The summed E-state index contributed by atoms with van der Waals surface area (Å²) in [6.07, 6.45) is 1.73. The lowest BCUT2D eigenvalue weighted by Crippen LogP contribution is -2.05. The summed E-state index contributed by atoms with van der Waals surface area (Å²) in [6.45, 7) is 0.440. The van der Waals surface area contributed by atoms with Gasteiger partial charge in [0.15, 0.2) is 5.70 Å². The van der Waals surface area contributed by atoms with E-state index in [1.807, 2.05) is 54.6 Å². The second kappa shape index (κ2) is 10.7. The molecule has 3 aromatic carbocycles. The Kier molecular flexibility index (Phi) is 8.17. The third-order valence-electron chi connectivity index (χ3n) is 4.41. The third-order valence-corrected chi connectivity index (χ3v) is 8.60. The van der Waals surface area contributed by atoms with Gasteiger partial charge in [0.05, 0.1) is 7.14 Å². The Morgan fingerprint density at radius 3 is 2.34 bits per heavy atom. The fraction of sp³-hybridized carbons (Fsp3) is 0.0435. The average molecular weight is 846 g/mol. The summed E-state index contributed by atoms with van der Waals surface area (Å²) < 4.78 is 15.3. The smallest absolute Gasteiger partial charge is 0.363 e. The number of carbonyl (C=O) groups excluding carboxylic acids is 1. The lowest BCUT2D eigenvalue weighted by Gasteiger charge is -2.11. The number of ether oxygens (including phenoxy) is 2. The maximum absolute atomic E-state index is 12.4. The van der Waals surface area contributed by atoms with Gasteiger partial charge in [-0.1, -0.05) is 23.7 Å². The van der Waals surface area contributed by atoms with Crippen LogP contribution in [0.5, 0.6) is 5.75 Å². The van der Waals surface area contributed by atoms with Gasteiger partial charge in [0.25, 0.3) is 0 Å². The number of aliphatic imine (C=N–C) groups is 1. The van der Waals surface area contributed by atoms with Gasteiger partial charge in [-0.15, -0.1) is 0 Å². The van der Waals surface area contributed by atoms with E-state index >= 15 is 0 Å². The SMILES string of the molecule is O=C1OC(c2ccc(I)c(Br)c2)=N/C1=C\c1cc(I)c(OCc2ccc(Cl)cc2)c(I)c1. The minimum absolute atomic E-state index is 0.260. The Hall–Kier alpha value is -0.700. The molecule has 0 fully saturated rings. The first-order valence-electron chi connectivity index (χ1n) is 9.14. The van der Waals surface area contributed by atoms with E-state index < -0.39 is 5.97 Å². The van der Waals surface area contributed by atoms with E-state index in [1.54, 1.807) is 6.08 Å². The molecule has 4 nitrogen and oxygen atoms in total. The standard InChI is InChI=1S/C23H12BrClI3NO3/c24-16-10-14(3-6-17(16)26)22-29-20(23(30)32-22)9-13-7-18(27)21(19(28)8-13)31-11-12-1-4-15(25)5-2-12/h1-10H,11H2/b20-9-. The summed E-state index contributed by atoms with van der Waals surface area (Å²) in [5.74, 6) is 0.624. The van der Waals surface area contributed by atoms with Gasteiger partial charge in [-0.2, -0.15) is 0 Å². The lowest BCUT2D eigenvalue weighted by atomic mass is 10.2. The monoisotopic (exact) mass is 845 g/mol. The van der Waals surface area contributed by atoms with Crippen LogP contribution in [0.15, 0.2) is 69.8 Å². The molecule has 1 heterocycles. The van der Waals surface area contributed by atoms with E-state index in [-0.39, 0.29) is 5.70 Å². The van der Waals surface area contributed by atoms with E-state index in [9.17, 15) is 4.79 Å². The van der Waals surface area contributed by atoms with Crippen LogP contribution in [0.4, 0.5) is 0 Å². The Labute approximate surface area is 239 Å². The molecular formula is C23H12BrClI3NO3. The molecular weight excluding hydrogens is 834 g/mol. The van der Waals surface area contributed by atoms with E-state index in [1.165, 1.54) is 0 Å². The minimum atomic E-state index is -0.470. The molecule has 0 spiro atoms. The van der Waals surface area contributed by atoms with E-state index in [4.69, 9.17) is 21.1 Å². The van der Waals surface area contributed by atoms with Gasteiger partial charge in [-0.05, 0) is 143 Å². The summed E-state index contributed by atoms with van der Waals surface area (Å²) >= 11 is 16.1. The molecule has 4 rings (SSSR count). The Morgan fingerprint density at radius 1 is 1.00 bits per heavy atom. The molecule has 0 N–H and O–H groups in total. The maximum atomic E-state index is 12.4. The summed E-state index contributed by atoms with van der Waals surface area (Å²) in [7, 11) is 0. The zero-order chi connectivity index (χ0) is 22.8. The number of carbonyl (C=O) groups is 1. The first-order chi connectivity index (χ1) is 15.3. The van der Waals surface area contributed by atoms with Gasteiger partial charge in [0.2, 0.25) is 5.90 Å². The highest BCUT2D eigenvalue weighted by molar-refractivity contribution is 14.1. The summed E-state index contributed by atoms with van der Waals surface area (Å²) in [5.41, 5.74) is 2.88. The topological polar surface area (TPSA) is 47.9 Å². The molecule has 3 aromatic rings. The van der Waals surface area contributed by atoms with Crippen LogP contribution in [0.2, 0.25) is 5.02 Å². The molecule has 0 saturated carbocycles. The van der Waals surface area contributed by atoms with Crippen LogP contribution in [0.25, 0.3) is 6.08 Å². The average Bonchev–Trinajstić information content (AvgIpc) is 3.11. The number of halogens is 5. The van der Waals surface area contributed by atoms with Crippen LogP contribution < -0.4 is 4.74 Å². The Bertz CT molecular complexity index is 1250. The van der Waals surface area contributed by atoms with Crippen LogP contribution in [-0.2, 0) is 16.1 Å². The first-order valence-corrected chi connectivity index (χ1v) is 13.5. The van der Waals surface area contributed by atoms with Crippen LogP contribution in [0, 0.1) is 10.7 Å². The second-order valence-electron chi connectivity index (χ2n) is 6.69. The van der Waals surface area contributed by atoms with Crippen LogP contribution >= 0.6 is 95.3 Å². The van der Waals surface area contributed by atoms with Crippen molar-refractivity contribution in [1.29, 1.82) is 0 Å². The number of benzene rings is 3. The van der Waals surface area contributed by atoms with Crippen molar-refractivity contribution in [1.82, 2.24) is 0 Å². The number of rotatable bonds is 5. The summed E-state index contributed by atoms with van der Waals surface area (Å²) in [4.78, 5) is 16.8. The molecule has 1 aliphatic heterocycles. The van der Waals surface area contributed by atoms with Gasteiger partial charge >= 0.3 is 5.97 Å². The molecule has 0 amide bonds. The quantitative estimate of drug-likeness (QED) is 0.150. The van der Waals surface area contributed by atoms with Crippen molar-refractivity contribution < 1.29 is 14.3 Å². The fourth-order valence-corrected chi connectivity index (χ4v) is 5.82. The number of cyclic esters (lactones) is 1. The van der Waals surface area contributed by atoms with Crippen LogP contribution in [0.1, 0.15) is 16.7 Å². The number of hydrogen-bond donors (Lipinski definition) is 0. The highest BCUT2D eigenvalue weighted by atomic mass is 127. The highest BCUT2D eigenvalue weighted by Crippen LogP contribution is 2.31. The highest BCUT2D eigenvalue weighted by Gasteiger charge is 2.24. The van der Waals surface area contributed by atoms with Gasteiger partial charge in [-0.25, -0.2) is 9.79 Å². The predicted molar refractivity (Wildman–Crippen MR) is 155 cm³/mol. The van der Waals surface area contributed by atoms with Gasteiger partial charge < -0.3 is 9.47 Å². The van der Waals surface area contributed by atoms with Gasteiger partial charge in [0, 0.05) is 18.6 Å². The van der Waals surface area contributed by atoms with Gasteiger partial charge in [0.1, 0.15) is 12.4 Å². The predicted octanol–water partition coefficient (Wildman–Crippen LogP) is 7.84. The molecule has 0 unspecified atom stereocenters. The molecule has 0 bridgehead atoms. The van der Waals surface area contributed by atoms with Crippen molar-refractivity contribution in [3.63, 3.8) is 0 Å². The van der Waals surface area contributed by atoms with E-state index in [2.05, 4.69) is 88.7 Å². The third kappa shape index (κ3) is 5.86. The Balaban J connectivity index is 1.55. The van der Waals surface area contributed by atoms with Crippen molar-refractivity contribution >= 4 is 113 Å². The lowest BCUT2D eigenvalue weighted by molar-refractivity contribution is -0.129. The molecule has 162 valence electrons. The fourth-order valence-electron chi connectivity index (χ4n) is 2.86. The normalized spacial score (nSPS) is 14.5.